The summed E-state index contributed by atoms with van der Waals surface area (Å²) in [5.41, 5.74) is 2.85. The van der Waals surface area contributed by atoms with Crippen molar-refractivity contribution >= 4 is 29.9 Å². The molecule has 2 heterocycles. The van der Waals surface area contributed by atoms with E-state index in [4.69, 9.17) is 14.2 Å². The Morgan fingerprint density at radius 3 is 2.75 bits per heavy atom. The Morgan fingerprint density at radius 2 is 1.97 bits per heavy atom. The summed E-state index contributed by atoms with van der Waals surface area (Å²) in [7, 11) is 1.87. The molecule has 0 saturated carbocycles. The van der Waals surface area contributed by atoms with E-state index in [2.05, 4.69) is 39.5 Å². The summed E-state index contributed by atoms with van der Waals surface area (Å²) in [6, 6.07) is 8.74. The lowest BCUT2D eigenvalue weighted by Gasteiger charge is -2.34. The minimum absolute atomic E-state index is 0. The van der Waals surface area contributed by atoms with Crippen molar-refractivity contribution in [3.63, 3.8) is 0 Å². The second kappa shape index (κ2) is 13.7. The van der Waals surface area contributed by atoms with E-state index in [1.54, 1.807) is 0 Å². The topological polar surface area (TPSA) is 55.3 Å². The van der Waals surface area contributed by atoms with E-state index in [1.165, 1.54) is 30.4 Å². The number of hydrogen-bond acceptors (Lipinski definition) is 4. The van der Waals surface area contributed by atoms with Crippen LogP contribution in [-0.2, 0) is 20.6 Å². The van der Waals surface area contributed by atoms with Gasteiger partial charge in [-0.3, -0.25) is 4.99 Å². The van der Waals surface area contributed by atoms with E-state index >= 15 is 0 Å². The number of fused-ring (bicyclic) bond motifs is 1. The molecule has 2 fully saturated rings. The van der Waals surface area contributed by atoms with E-state index < -0.39 is 0 Å². The van der Waals surface area contributed by atoms with Crippen molar-refractivity contribution in [2.75, 3.05) is 46.5 Å². The number of aryl methyl sites for hydroxylation is 1. The number of nitrogens with zero attached hydrogens (tertiary/aromatic N) is 2. The molecule has 1 aliphatic carbocycles. The number of benzene rings is 1. The predicted octanol–water partition coefficient (Wildman–Crippen LogP) is 4.32. The highest BCUT2D eigenvalue weighted by Gasteiger charge is 2.24. The maximum absolute atomic E-state index is 6.23. The summed E-state index contributed by atoms with van der Waals surface area (Å²) in [6.45, 7) is 5.30. The van der Waals surface area contributed by atoms with Gasteiger partial charge in [0.05, 0.1) is 24.9 Å². The molecule has 7 heteroatoms. The molecule has 1 N–H and O–H groups in total. The van der Waals surface area contributed by atoms with Crippen LogP contribution in [0.15, 0.2) is 29.3 Å². The highest BCUT2D eigenvalue weighted by molar-refractivity contribution is 14.0. The number of hydrogen-bond donors (Lipinski definition) is 1. The first-order valence-electron chi connectivity index (χ1n) is 12.2. The Bertz CT molecular complexity index is 703. The fraction of sp³-hybridized carbons (Fsp3) is 0.720. The van der Waals surface area contributed by atoms with Gasteiger partial charge < -0.3 is 24.4 Å². The van der Waals surface area contributed by atoms with Gasteiger partial charge in [0.25, 0.3) is 0 Å². The monoisotopic (exact) mass is 557 g/mol. The smallest absolute Gasteiger partial charge is 0.193 e. The number of nitrogens with one attached hydrogen (secondary N) is 1. The summed E-state index contributed by atoms with van der Waals surface area (Å²) in [4.78, 5) is 6.84. The van der Waals surface area contributed by atoms with Crippen molar-refractivity contribution in [2.24, 2.45) is 4.99 Å². The fourth-order valence-electron chi connectivity index (χ4n) is 4.97. The van der Waals surface area contributed by atoms with E-state index in [0.29, 0.717) is 12.2 Å². The van der Waals surface area contributed by atoms with Gasteiger partial charge in [-0.1, -0.05) is 24.3 Å². The largest absolute Gasteiger partial charge is 0.376 e. The molecule has 0 radical (unpaired) electrons. The van der Waals surface area contributed by atoms with Gasteiger partial charge in [-0.2, -0.15) is 0 Å². The summed E-state index contributed by atoms with van der Waals surface area (Å²) in [5.74, 6) is 1.00. The zero-order chi connectivity index (χ0) is 21.3. The molecule has 1 aromatic rings. The average Bonchev–Trinajstić information content (AvgIpc) is 3.34. The van der Waals surface area contributed by atoms with Crippen LogP contribution >= 0.6 is 24.0 Å². The molecule has 180 valence electrons. The first kappa shape index (κ1) is 25.7. The van der Waals surface area contributed by atoms with Crippen LogP contribution in [0.2, 0.25) is 0 Å². The number of halogens is 1. The van der Waals surface area contributed by atoms with Gasteiger partial charge in [0.2, 0.25) is 0 Å². The van der Waals surface area contributed by atoms with Crippen LogP contribution in [0.5, 0.6) is 0 Å². The second-order valence-electron chi connectivity index (χ2n) is 8.93. The second-order valence-corrected chi connectivity index (χ2v) is 8.93. The molecule has 2 aliphatic heterocycles. The van der Waals surface area contributed by atoms with Crippen molar-refractivity contribution in [3.8, 4) is 0 Å². The zero-order valence-corrected chi connectivity index (χ0v) is 21.8. The number of ether oxygens (including phenoxy) is 3. The van der Waals surface area contributed by atoms with Crippen LogP contribution in [0, 0.1) is 0 Å². The molecule has 6 nitrogen and oxygen atoms in total. The first-order valence-corrected chi connectivity index (χ1v) is 12.2. The standard InChI is InChI=1S/C25H39N3O3.HI/c1-26-25(28-15-12-21(13-16-28)31-19-22-9-5-17-29-22)27-14-6-18-30-24-11-4-8-20-7-2-3-10-23(20)24;/h2-3,7,10,21-22,24H,4-6,8-9,11-19H2,1H3,(H,26,27);1H. The van der Waals surface area contributed by atoms with E-state index in [1.807, 2.05) is 7.05 Å². The lowest BCUT2D eigenvalue weighted by atomic mass is 9.89. The minimum atomic E-state index is 0. The van der Waals surface area contributed by atoms with E-state index in [9.17, 15) is 0 Å². The third-order valence-electron chi connectivity index (χ3n) is 6.73. The van der Waals surface area contributed by atoms with E-state index in [-0.39, 0.29) is 30.1 Å². The van der Waals surface area contributed by atoms with Crippen molar-refractivity contribution in [2.45, 2.75) is 69.7 Å². The lowest BCUT2D eigenvalue weighted by molar-refractivity contribution is -0.0367. The molecule has 3 aliphatic rings. The highest BCUT2D eigenvalue weighted by atomic mass is 127. The molecule has 2 unspecified atom stereocenters. The van der Waals surface area contributed by atoms with Crippen LogP contribution < -0.4 is 5.32 Å². The van der Waals surface area contributed by atoms with Crippen molar-refractivity contribution < 1.29 is 14.2 Å². The first-order chi connectivity index (χ1) is 15.3. The molecule has 4 rings (SSSR count). The molecule has 32 heavy (non-hydrogen) atoms. The van der Waals surface area contributed by atoms with Gasteiger partial charge in [-0.05, 0) is 62.5 Å². The Hall–Kier alpha value is -0.900. The number of aliphatic imine (C=N–C) groups is 1. The van der Waals surface area contributed by atoms with Crippen LogP contribution in [0.3, 0.4) is 0 Å². The number of rotatable bonds is 8. The summed E-state index contributed by atoms with van der Waals surface area (Å²) in [6.07, 6.45) is 9.88. The third-order valence-corrected chi connectivity index (χ3v) is 6.73. The highest BCUT2D eigenvalue weighted by Crippen LogP contribution is 2.32. The molecule has 2 saturated heterocycles. The Labute approximate surface area is 210 Å². The lowest BCUT2D eigenvalue weighted by Crippen LogP contribution is -2.47. The Kier molecular flexibility index (Phi) is 11.0. The fourth-order valence-corrected chi connectivity index (χ4v) is 4.97. The molecular weight excluding hydrogens is 517 g/mol. The maximum Gasteiger partial charge on any atom is 0.193 e. The summed E-state index contributed by atoms with van der Waals surface area (Å²) < 4.78 is 18.0. The van der Waals surface area contributed by atoms with Gasteiger partial charge in [-0.15, -0.1) is 24.0 Å². The van der Waals surface area contributed by atoms with Crippen LogP contribution in [0.25, 0.3) is 0 Å². The van der Waals surface area contributed by atoms with Gasteiger partial charge >= 0.3 is 0 Å². The molecular formula is C25H40IN3O3. The van der Waals surface area contributed by atoms with Crippen LogP contribution in [-0.4, -0.2) is 69.6 Å². The Morgan fingerprint density at radius 1 is 1.12 bits per heavy atom. The van der Waals surface area contributed by atoms with Crippen molar-refractivity contribution in [1.29, 1.82) is 0 Å². The van der Waals surface area contributed by atoms with Crippen LogP contribution in [0.4, 0.5) is 0 Å². The molecule has 0 spiro atoms. The van der Waals surface area contributed by atoms with Gasteiger partial charge in [-0.25, -0.2) is 0 Å². The quantitative estimate of drug-likeness (QED) is 0.223. The predicted molar refractivity (Wildman–Crippen MR) is 139 cm³/mol. The van der Waals surface area contributed by atoms with E-state index in [0.717, 1.165) is 77.5 Å². The third kappa shape index (κ3) is 7.30. The minimum Gasteiger partial charge on any atom is -0.376 e. The molecule has 0 amide bonds. The molecule has 2 atom stereocenters. The number of guanidine groups is 1. The molecule has 0 aromatic heterocycles. The number of likely N-dealkylation sites (tertiary alicyclic amines) is 1. The summed E-state index contributed by atoms with van der Waals surface area (Å²) >= 11 is 0. The zero-order valence-electron chi connectivity index (χ0n) is 19.5. The van der Waals surface area contributed by atoms with Gasteiger partial charge in [0, 0.05) is 39.9 Å². The number of piperidine rings is 1. The average molecular weight is 558 g/mol. The molecule has 0 bridgehead atoms. The van der Waals surface area contributed by atoms with Crippen molar-refractivity contribution in [3.05, 3.63) is 35.4 Å². The SMILES string of the molecule is CN=C(NCCCOC1CCCc2ccccc21)N1CCC(OCC2CCCO2)CC1.I. The Balaban J connectivity index is 0.00000289. The van der Waals surface area contributed by atoms with Gasteiger partial charge in [0.15, 0.2) is 5.96 Å². The van der Waals surface area contributed by atoms with Gasteiger partial charge in [0.1, 0.15) is 0 Å². The van der Waals surface area contributed by atoms with Crippen LogP contribution in [0.1, 0.15) is 62.2 Å². The summed E-state index contributed by atoms with van der Waals surface area (Å²) in [5, 5.41) is 3.52. The van der Waals surface area contributed by atoms with Crippen molar-refractivity contribution in [1.82, 2.24) is 10.2 Å². The molecule has 1 aromatic carbocycles. The maximum atomic E-state index is 6.23. The normalized spacial score (nSPS) is 24.2.